The van der Waals surface area contributed by atoms with E-state index < -0.39 is 0 Å². The molecule has 0 radical (unpaired) electrons. The predicted octanol–water partition coefficient (Wildman–Crippen LogP) is 2.05. The number of hydrogen-bond donors (Lipinski definition) is 2. The van der Waals surface area contributed by atoms with E-state index in [-0.39, 0.29) is 11.9 Å². The Morgan fingerprint density at radius 2 is 2.14 bits per heavy atom. The molecule has 2 aromatic rings. The average molecular weight is 300 g/mol. The van der Waals surface area contributed by atoms with Gasteiger partial charge in [-0.25, -0.2) is 4.68 Å². The molecular weight excluding hydrogens is 276 g/mol. The number of nitrogens with zero attached hydrogens (tertiary/aromatic N) is 2. The maximum atomic E-state index is 12.1. The normalized spacial score (nSPS) is 12.1. The first-order valence-corrected chi connectivity index (χ1v) is 7.81. The van der Waals surface area contributed by atoms with E-state index in [1.165, 1.54) is 0 Å². The fraction of sp³-hybridized carbons (Fsp3) is 0.412. The zero-order valence-corrected chi connectivity index (χ0v) is 13.0. The highest BCUT2D eigenvalue weighted by Crippen LogP contribution is 2.08. The van der Waals surface area contributed by atoms with E-state index in [2.05, 4.69) is 17.3 Å². The van der Waals surface area contributed by atoms with Crippen LogP contribution >= 0.6 is 0 Å². The summed E-state index contributed by atoms with van der Waals surface area (Å²) in [6, 6.07) is 9.91. The monoisotopic (exact) mass is 300 g/mol. The lowest BCUT2D eigenvalue weighted by Crippen LogP contribution is -2.40. The van der Waals surface area contributed by atoms with Crippen LogP contribution in [0, 0.1) is 0 Å². The van der Waals surface area contributed by atoms with E-state index in [9.17, 15) is 4.79 Å². The molecule has 5 heteroatoms. The predicted molar refractivity (Wildman–Crippen MR) is 87.8 cm³/mol. The fourth-order valence-corrected chi connectivity index (χ4v) is 2.34. The molecule has 3 N–H and O–H groups in total. The smallest absolute Gasteiger partial charge is 0.224 e. The maximum absolute atomic E-state index is 12.1. The molecule has 22 heavy (non-hydrogen) atoms. The first-order chi connectivity index (χ1) is 10.7. The van der Waals surface area contributed by atoms with Gasteiger partial charge in [0.05, 0.1) is 18.3 Å². The van der Waals surface area contributed by atoms with Crippen molar-refractivity contribution in [1.29, 1.82) is 0 Å². The highest BCUT2D eigenvalue weighted by molar-refractivity contribution is 5.78. The Hall–Kier alpha value is -2.14. The number of rotatable bonds is 8. The van der Waals surface area contributed by atoms with Gasteiger partial charge >= 0.3 is 0 Å². The van der Waals surface area contributed by atoms with Crippen LogP contribution in [0.25, 0.3) is 5.69 Å². The lowest BCUT2D eigenvalue weighted by atomic mass is 10.1. The van der Waals surface area contributed by atoms with Gasteiger partial charge in [0.15, 0.2) is 0 Å². The summed E-state index contributed by atoms with van der Waals surface area (Å²) in [5.41, 5.74) is 7.58. The van der Waals surface area contributed by atoms with Crippen molar-refractivity contribution in [1.82, 2.24) is 15.1 Å². The molecule has 0 aliphatic rings. The number of benzene rings is 1. The second-order valence-electron chi connectivity index (χ2n) is 5.45. The molecule has 0 bridgehead atoms. The molecule has 1 unspecified atom stereocenters. The van der Waals surface area contributed by atoms with Crippen molar-refractivity contribution in [2.24, 2.45) is 5.73 Å². The van der Waals surface area contributed by atoms with Crippen LogP contribution in [0.5, 0.6) is 0 Å². The van der Waals surface area contributed by atoms with E-state index in [4.69, 9.17) is 5.73 Å². The summed E-state index contributed by atoms with van der Waals surface area (Å²) in [6.07, 6.45) is 7.07. The number of nitrogens with one attached hydrogen (secondary N) is 1. The van der Waals surface area contributed by atoms with E-state index in [0.29, 0.717) is 13.0 Å². The largest absolute Gasteiger partial charge is 0.352 e. The van der Waals surface area contributed by atoms with Gasteiger partial charge in [0.25, 0.3) is 0 Å². The van der Waals surface area contributed by atoms with Gasteiger partial charge in [-0.1, -0.05) is 38.0 Å². The second-order valence-corrected chi connectivity index (χ2v) is 5.45. The molecule has 1 atom stereocenters. The molecule has 0 aliphatic heterocycles. The molecule has 0 saturated carbocycles. The van der Waals surface area contributed by atoms with Crippen molar-refractivity contribution in [2.75, 3.05) is 6.54 Å². The van der Waals surface area contributed by atoms with Crippen molar-refractivity contribution in [3.8, 4) is 5.69 Å². The molecule has 0 spiro atoms. The summed E-state index contributed by atoms with van der Waals surface area (Å²) in [5.74, 6) is -0.000773. The Kier molecular flexibility index (Phi) is 6.15. The Labute approximate surface area is 131 Å². The van der Waals surface area contributed by atoms with Crippen LogP contribution in [0.3, 0.4) is 0 Å². The van der Waals surface area contributed by atoms with Crippen molar-refractivity contribution in [2.45, 2.75) is 38.6 Å². The Morgan fingerprint density at radius 1 is 1.36 bits per heavy atom. The van der Waals surface area contributed by atoms with Crippen LogP contribution in [-0.4, -0.2) is 28.3 Å². The topological polar surface area (TPSA) is 72.9 Å². The number of unbranched alkanes of at least 4 members (excludes halogenated alkanes) is 1. The molecule has 1 heterocycles. The third kappa shape index (κ3) is 4.70. The molecule has 0 aliphatic carbocycles. The summed E-state index contributed by atoms with van der Waals surface area (Å²) in [7, 11) is 0. The number of hydrogen-bond acceptors (Lipinski definition) is 3. The van der Waals surface area contributed by atoms with Crippen LogP contribution in [0.1, 0.15) is 31.7 Å². The Balaban J connectivity index is 1.91. The second kappa shape index (κ2) is 8.34. The quantitative estimate of drug-likeness (QED) is 0.783. The molecule has 0 saturated heterocycles. The van der Waals surface area contributed by atoms with E-state index in [1.807, 2.05) is 36.5 Å². The van der Waals surface area contributed by atoms with Crippen molar-refractivity contribution >= 4 is 5.91 Å². The van der Waals surface area contributed by atoms with Crippen LogP contribution in [0.2, 0.25) is 0 Å². The van der Waals surface area contributed by atoms with Gasteiger partial charge in [0, 0.05) is 18.8 Å². The first-order valence-electron chi connectivity index (χ1n) is 7.81. The van der Waals surface area contributed by atoms with E-state index in [1.54, 1.807) is 10.9 Å². The molecule has 1 amide bonds. The van der Waals surface area contributed by atoms with Crippen molar-refractivity contribution < 1.29 is 4.79 Å². The summed E-state index contributed by atoms with van der Waals surface area (Å²) in [4.78, 5) is 12.1. The van der Waals surface area contributed by atoms with Crippen LogP contribution in [-0.2, 0) is 11.2 Å². The third-order valence-corrected chi connectivity index (χ3v) is 3.58. The van der Waals surface area contributed by atoms with Crippen LogP contribution in [0.4, 0.5) is 0 Å². The van der Waals surface area contributed by atoms with Crippen LogP contribution < -0.4 is 11.1 Å². The zero-order valence-electron chi connectivity index (χ0n) is 13.0. The number of carbonyl (C=O) groups excluding carboxylic acids is 1. The van der Waals surface area contributed by atoms with Gasteiger partial charge in [-0.3, -0.25) is 4.79 Å². The van der Waals surface area contributed by atoms with Gasteiger partial charge in [-0.15, -0.1) is 0 Å². The molecule has 118 valence electrons. The lowest BCUT2D eigenvalue weighted by Gasteiger charge is -2.16. The number of carbonyl (C=O) groups is 1. The lowest BCUT2D eigenvalue weighted by molar-refractivity contribution is -0.121. The van der Waals surface area contributed by atoms with E-state index in [0.717, 1.165) is 30.5 Å². The Bertz CT molecular complexity index is 579. The molecule has 2 rings (SSSR count). The molecular formula is C17H24N4O. The SMILES string of the molecule is CCCCC(CN)NC(=O)Cc1cnn(-c2ccccc2)c1. The van der Waals surface area contributed by atoms with Crippen LogP contribution in [0.15, 0.2) is 42.7 Å². The summed E-state index contributed by atoms with van der Waals surface area (Å²) in [5, 5.41) is 7.30. The molecule has 5 nitrogen and oxygen atoms in total. The fourth-order valence-electron chi connectivity index (χ4n) is 2.34. The van der Waals surface area contributed by atoms with Gasteiger partial charge in [0.1, 0.15) is 0 Å². The number of nitrogens with two attached hydrogens (primary N) is 1. The summed E-state index contributed by atoms with van der Waals surface area (Å²) >= 11 is 0. The van der Waals surface area contributed by atoms with Crippen molar-refractivity contribution in [3.63, 3.8) is 0 Å². The Morgan fingerprint density at radius 3 is 2.82 bits per heavy atom. The van der Waals surface area contributed by atoms with Gasteiger partial charge in [-0.05, 0) is 24.1 Å². The molecule has 1 aromatic heterocycles. The summed E-state index contributed by atoms with van der Waals surface area (Å²) < 4.78 is 1.78. The summed E-state index contributed by atoms with van der Waals surface area (Å²) in [6.45, 7) is 2.61. The molecule has 0 fully saturated rings. The minimum Gasteiger partial charge on any atom is -0.352 e. The minimum atomic E-state index is -0.000773. The standard InChI is InChI=1S/C17H24N4O/c1-2-3-7-15(11-18)20-17(22)10-14-12-19-21(13-14)16-8-5-4-6-9-16/h4-6,8-9,12-13,15H,2-3,7,10-11,18H2,1H3,(H,20,22). The third-order valence-electron chi connectivity index (χ3n) is 3.58. The van der Waals surface area contributed by atoms with Gasteiger partial charge in [-0.2, -0.15) is 5.10 Å². The van der Waals surface area contributed by atoms with Gasteiger partial charge in [0.2, 0.25) is 5.91 Å². The number of amides is 1. The molecule has 1 aromatic carbocycles. The highest BCUT2D eigenvalue weighted by Gasteiger charge is 2.12. The van der Waals surface area contributed by atoms with Crippen molar-refractivity contribution in [3.05, 3.63) is 48.3 Å². The maximum Gasteiger partial charge on any atom is 0.224 e. The van der Waals surface area contributed by atoms with Gasteiger partial charge < -0.3 is 11.1 Å². The zero-order chi connectivity index (χ0) is 15.8. The average Bonchev–Trinajstić information content (AvgIpc) is 3.00. The minimum absolute atomic E-state index is 0.000773. The van der Waals surface area contributed by atoms with E-state index >= 15 is 0 Å². The number of para-hydroxylation sites is 1. The number of aromatic nitrogens is 2. The first kappa shape index (κ1) is 16.2. The highest BCUT2D eigenvalue weighted by atomic mass is 16.1.